The van der Waals surface area contributed by atoms with Crippen molar-refractivity contribution in [1.82, 2.24) is 5.32 Å². The third-order valence-electron chi connectivity index (χ3n) is 2.76. The van der Waals surface area contributed by atoms with E-state index in [1.54, 1.807) is 0 Å². The lowest BCUT2D eigenvalue weighted by atomic mass is 10.1. The van der Waals surface area contributed by atoms with Crippen molar-refractivity contribution in [2.75, 3.05) is 6.54 Å². The molecule has 1 amide bonds. The Morgan fingerprint density at radius 3 is 2.43 bits per heavy atom. The predicted molar refractivity (Wildman–Crippen MR) is 85.9 cm³/mol. The van der Waals surface area contributed by atoms with E-state index in [1.165, 1.54) is 6.07 Å². The molecule has 1 N–H and O–H groups in total. The molecule has 0 radical (unpaired) electrons. The average molecular weight is 373 g/mol. The first-order chi connectivity index (χ1) is 9.62. The van der Waals surface area contributed by atoms with Gasteiger partial charge in [0.2, 0.25) is 0 Å². The van der Waals surface area contributed by atoms with Gasteiger partial charge >= 0.3 is 0 Å². The van der Waals surface area contributed by atoms with Crippen molar-refractivity contribution in [3.8, 4) is 0 Å². The molecule has 0 atom stereocenters. The largest absolute Gasteiger partial charge is 0.352 e. The van der Waals surface area contributed by atoms with Crippen LogP contribution in [0, 0.1) is 5.92 Å². The fraction of sp³-hybridized carbons (Fsp3) is 0.462. The van der Waals surface area contributed by atoms with E-state index in [1.807, 2.05) is 0 Å². The highest BCUT2D eigenvalue weighted by Gasteiger charge is 2.22. The van der Waals surface area contributed by atoms with E-state index in [9.17, 15) is 13.2 Å². The van der Waals surface area contributed by atoms with Crippen molar-refractivity contribution in [2.45, 2.75) is 31.6 Å². The SMILES string of the molecule is CC(C)CCCNC(=O)c1cc(Cl)cc(S(=O)(=O)Cl)c1Cl. The van der Waals surface area contributed by atoms with E-state index in [0.29, 0.717) is 12.5 Å². The van der Waals surface area contributed by atoms with Crippen molar-refractivity contribution >= 4 is 48.8 Å². The summed E-state index contributed by atoms with van der Waals surface area (Å²) in [5, 5.41) is 2.53. The number of rotatable bonds is 6. The van der Waals surface area contributed by atoms with Gasteiger partial charge in [0, 0.05) is 22.2 Å². The summed E-state index contributed by atoms with van der Waals surface area (Å²) in [4.78, 5) is 11.7. The molecule has 0 bridgehead atoms. The molecule has 0 aliphatic heterocycles. The van der Waals surface area contributed by atoms with Gasteiger partial charge in [0.15, 0.2) is 0 Å². The molecule has 0 aliphatic rings. The van der Waals surface area contributed by atoms with Gasteiger partial charge in [0.1, 0.15) is 4.90 Å². The van der Waals surface area contributed by atoms with Crippen LogP contribution >= 0.6 is 33.9 Å². The van der Waals surface area contributed by atoms with Gasteiger partial charge in [-0.25, -0.2) is 8.42 Å². The minimum absolute atomic E-state index is 0.00654. The highest BCUT2D eigenvalue weighted by Crippen LogP contribution is 2.31. The molecule has 0 fully saturated rings. The number of benzene rings is 1. The first-order valence-electron chi connectivity index (χ1n) is 6.35. The van der Waals surface area contributed by atoms with Crippen molar-refractivity contribution in [3.05, 3.63) is 27.7 Å². The number of nitrogens with one attached hydrogen (secondary N) is 1. The summed E-state index contributed by atoms with van der Waals surface area (Å²) in [6.07, 6.45) is 1.80. The Labute approximate surface area is 139 Å². The fourth-order valence-corrected chi connectivity index (χ4v) is 3.57. The highest BCUT2D eigenvalue weighted by molar-refractivity contribution is 8.13. The minimum Gasteiger partial charge on any atom is -0.352 e. The molecule has 0 unspecified atom stereocenters. The van der Waals surface area contributed by atoms with E-state index >= 15 is 0 Å². The number of hydrogen-bond acceptors (Lipinski definition) is 3. The molecular weight excluding hydrogens is 357 g/mol. The minimum atomic E-state index is -4.07. The number of carbonyl (C=O) groups excluding carboxylic acids is 1. The highest BCUT2D eigenvalue weighted by atomic mass is 35.7. The third-order valence-corrected chi connectivity index (χ3v) is 4.84. The van der Waals surface area contributed by atoms with Crippen LogP contribution in [0.3, 0.4) is 0 Å². The number of hydrogen-bond donors (Lipinski definition) is 1. The molecule has 0 spiro atoms. The summed E-state index contributed by atoms with van der Waals surface area (Å²) < 4.78 is 22.8. The Bertz CT molecular complexity index is 630. The summed E-state index contributed by atoms with van der Waals surface area (Å²) >= 11 is 11.8. The van der Waals surface area contributed by atoms with Crippen molar-refractivity contribution in [1.29, 1.82) is 0 Å². The van der Waals surface area contributed by atoms with Gasteiger partial charge in [-0.3, -0.25) is 4.79 Å². The Hall–Kier alpha value is -0.490. The maximum absolute atomic E-state index is 12.0. The summed E-state index contributed by atoms with van der Waals surface area (Å²) in [6.45, 7) is 4.66. The molecule has 0 saturated carbocycles. The third kappa shape index (κ3) is 5.66. The lowest BCUT2D eigenvalue weighted by Crippen LogP contribution is -2.25. The Morgan fingerprint density at radius 2 is 1.90 bits per heavy atom. The van der Waals surface area contributed by atoms with Crippen LogP contribution in [0.2, 0.25) is 10.0 Å². The molecule has 0 heterocycles. The van der Waals surface area contributed by atoms with Gasteiger partial charge in [0.25, 0.3) is 15.0 Å². The van der Waals surface area contributed by atoms with Gasteiger partial charge in [0.05, 0.1) is 10.6 Å². The predicted octanol–water partition coefficient (Wildman–Crippen LogP) is 4.09. The summed E-state index contributed by atoms with van der Waals surface area (Å²) in [6, 6.07) is 2.43. The second kappa shape index (κ2) is 7.68. The molecule has 118 valence electrons. The molecule has 0 saturated heterocycles. The Kier molecular flexibility index (Phi) is 6.78. The quantitative estimate of drug-likeness (QED) is 0.604. The summed E-state index contributed by atoms with van der Waals surface area (Å²) in [5.41, 5.74) is -0.00654. The number of carbonyl (C=O) groups is 1. The van der Waals surface area contributed by atoms with Gasteiger partial charge < -0.3 is 5.32 Å². The molecule has 4 nitrogen and oxygen atoms in total. The summed E-state index contributed by atoms with van der Waals surface area (Å²) in [7, 11) is 1.20. The standard InChI is InChI=1S/C13H16Cl3NO3S/c1-8(2)4-3-5-17-13(18)10-6-9(14)7-11(12(10)15)21(16,19)20/h6-8H,3-5H2,1-2H3,(H,17,18). The lowest BCUT2D eigenvalue weighted by molar-refractivity contribution is 0.0952. The second-order valence-corrected chi connectivity index (χ2v) is 8.34. The van der Waals surface area contributed by atoms with Crippen molar-refractivity contribution in [2.24, 2.45) is 5.92 Å². The van der Waals surface area contributed by atoms with E-state index in [2.05, 4.69) is 19.2 Å². The van der Waals surface area contributed by atoms with Crippen LogP contribution in [0.4, 0.5) is 0 Å². The smallest absolute Gasteiger partial charge is 0.262 e. The molecule has 0 aliphatic carbocycles. The first-order valence-corrected chi connectivity index (χ1v) is 9.41. The van der Waals surface area contributed by atoms with Crippen LogP contribution in [0.1, 0.15) is 37.0 Å². The lowest BCUT2D eigenvalue weighted by Gasteiger charge is -2.10. The van der Waals surface area contributed by atoms with Crippen LogP contribution in [0.25, 0.3) is 0 Å². The molecule has 8 heteroatoms. The topological polar surface area (TPSA) is 63.2 Å². The van der Waals surface area contributed by atoms with Gasteiger partial charge in [-0.1, -0.05) is 37.0 Å². The van der Waals surface area contributed by atoms with Crippen LogP contribution in [0.5, 0.6) is 0 Å². The summed E-state index contributed by atoms with van der Waals surface area (Å²) in [5.74, 6) is 0.0671. The zero-order valence-corrected chi connectivity index (χ0v) is 14.7. The molecule has 0 aromatic heterocycles. The van der Waals surface area contributed by atoms with Crippen LogP contribution < -0.4 is 5.32 Å². The van der Waals surface area contributed by atoms with E-state index in [4.69, 9.17) is 33.9 Å². The molecular formula is C13H16Cl3NO3S. The zero-order chi connectivity index (χ0) is 16.2. The molecule has 1 aromatic carbocycles. The zero-order valence-electron chi connectivity index (χ0n) is 11.6. The first kappa shape index (κ1) is 18.6. The van der Waals surface area contributed by atoms with E-state index in [0.717, 1.165) is 18.9 Å². The van der Waals surface area contributed by atoms with Crippen molar-refractivity contribution < 1.29 is 13.2 Å². The number of halogens is 3. The molecule has 1 rings (SSSR count). The Balaban J connectivity index is 2.93. The normalized spacial score (nSPS) is 11.7. The van der Waals surface area contributed by atoms with E-state index in [-0.39, 0.29) is 20.5 Å². The number of amides is 1. The van der Waals surface area contributed by atoms with Crippen LogP contribution in [-0.4, -0.2) is 20.9 Å². The molecule has 21 heavy (non-hydrogen) atoms. The maximum Gasteiger partial charge on any atom is 0.262 e. The second-order valence-electron chi connectivity index (χ2n) is 5.00. The van der Waals surface area contributed by atoms with Crippen molar-refractivity contribution in [3.63, 3.8) is 0 Å². The Morgan fingerprint density at radius 1 is 1.29 bits per heavy atom. The van der Waals surface area contributed by atoms with Gasteiger partial charge in [-0.2, -0.15) is 0 Å². The van der Waals surface area contributed by atoms with Crippen LogP contribution in [-0.2, 0) is 9.05 Å². The fourth-order valence-electron chi connectivity index (χ4n) is 1.71. The monoisotopic (exact) mass is 371 g/mol. The van der Waals surface area contributed by atoms with Crippen LogP contribution in [0.15, 0.2) is 17.0 Å². The maximum atomic E-state index is 12.0. The van der Waals surface area contributed by atoms with E-state index < -0.39 is 15.0 Å². The molecule has 1 aromatic rings. The van der Waals surface area contributed by atoms with Gasteiger partial charge in [-0.05, 0) is 30.9 Å². The van der Waals surface area contributed by atoms with Gasteiger partial charge in [-0.15, -0.1) is 0 Å². The average Bonchev–Trinajstić information content (AvgIpc) is 2.35.